The number of aromatic nitrogens is 2. The molecule has 0 aliphatic carbocycles. The first-order chi connectivity index (χ1) is 10.8. The molecule has 0 radical (unpaired) electrons. The van der Waals surface area contributed by atoms with Crippen molar-refractivity contribution in [3.05, 3.63) is 28.5 Å². The first kappa shape index (κ1) is 19.9. The van der Waals surface area contributed by atoms with Crippen molar-refractivity contribution in [2.75, 3.05) is 6.61 Å². The van der Waals surface area contributed by atoms with Crippen LogP contribution in [0.2, 0.25) is 0 Å². The average Bonchev–Trinajstić information content (AvgIpc) is 2.91. The fourth-order valence-electron chi connectivity index (χ4n) is 2.60. The minimum absolute atomic E-state index is 0.347. The standard InChI is InChI=1S/C17H28BrN3O2/c1-5-14(18)8-7-13(3)11-17(4,19)12-21-15(9-10-20-21)16(22)23-6-2/h8-10,13H,5-7,11-12,19H2,1-4H3/b14-8+/t13-,17?/m0/s1. The van der Waals surface area contributed by atoms with Crippen molar-refractivity contribution in [2.45, 2.75) is 59.0 Å². The highest BCUT2D eigenvalue weighted by Gasteiger charge is 2.25. The van der Waals surface area contributed by atoms with Crippen LogP contribution >= 0.6 is 15.9 Å². The number of carbonyl (C=O) groups excluding carboxylic acids is 1. The van der Waals surface area contributed by atoms with Crippen molar-refractivity contribution >= 4 is 21.9 Å². The quantitative estimate of drug-likeness (QED) is 0.654. The largest absolute Gasteiger partial charge is 0.461 e. The molecular weight excluding hydrogens is 358 g/mol. The third kappa shape index (κ3) is 6.87. The lowest BCUT2D eigenvalue weighted by Gasteiger charge is -2.28. The van der Waals surface area contributed by atoms with Crippen LogP contribution in [0, 0.1) is 5.92 Å². The minimum Gasteiger partial charge on any atom is -0.461 e. The second-order valence-electron chi connectivity index (χ2n) is 6.30. The minimum atomic E-state index is -0.445. The van der Waals surface area contributed by atoms with E-state index in [1.54, 1.807) is 23.9 Å². The van der Waals surface area contributed by atoms with E-state index in [1.165, 1.54) is 4.48 Å². The molecule has 1 rings (SSSR count). The molecule has 1 aromatic rings. The predicted octanol–water partition coefficient (Wildman–Crippen LogP) is 3.88. The van der Waals surface area contributed by atoms with E-state index in [1.807, 2.05) is 6.92 Å². The van der Waals surface area contributed by atoms with Crippen molar-refractivity contribution in [2.24, 2.45) is 11.7 Å². The van der Waals surface area contributed by atoms with Crippen LogP contribution < -0.4 is 5.73 Å². The van der Waals surface area contributed by atoms with Gasteiger partial charge in [0.1, 0.15) is 5.69 Å². The number of allylic oxidation sites excluding steroid dienone is 2. The van der Waals surface area contributed by atoms with Gasteiger partial charge in [0.15, 0.2) is 0 Å². The predicted molar refractivity (Wildman–Crippen MR) is 96.5 cm³/mol. The van der Waals surface area contributed by atoms with Gasteiger partial charge >= 0.3 is 5.97 Å². The summed E-state index contributed by atoms with van der Waals surface area (Å²) < 4.78 is 7.91. The number of esters is 1. The number of hydrogen-bond acceptors (Lipinski definition) is 4. The first-order valence-corrected chi connectivity index (χ1v) is 8.90. The normalized spacial score (nSPS) is 16.0. The van der Waals surface area contributed by atoms with Crippen LogP contribution in [0.4, 0.5) is 0 Å². The van der Waals surface area contributed by atoms with Crippen LogP contribution in [-0.2, 0) is 11.3 Å². The molecular formula is C17H28BrN3O2. The maximum atomic E-state index is 11.9. The Morgan fingerprint density at radius 2 is 2.26 bits per heavy atom. The van der Waals surface area contributed by atoms with Gasteiger partial charge in [-0.05, 0) is 49.6 Å². The SMILES string of the molecule is CCOC(=O)c1ccnn1CC(C)(N)C[C@@H](C)C/C=C(/Br)CC. The number of carbonyl (C=O) groups is 1. The van der Waals surface area contributed by atoms with Gasteiger partial charge in [-0.25, -0.2) is 4.79 Å². The molecule has 0 aliphatic heterocycles. The summed E-state index contributed by atoms with van der Waals surface area (Å²) in [6.07, 6.45) is 6.63. The second-order valence-corrected chi connectivity index (χ2v) is 7.32. The molecule has 130 valence electrons. The van der Waals surface area contributed by atoms with Gasteiger partial charge in [0.2, 0.25) is 0 Å². The van der Waals surface area contributed by atoms with Crippen molar-refractivity contribution in [1.29, 1.82) is 0 Å². The van der Waals surface area contributed by atoms with E-state index in [4.69, 9.17) is 10.5 Å². The summed E-state index contributed by atoms with van der Waals surface area (Å²) in [5.74, 6) is 0.0920. The summed E-state index contributed by atoms with van der Waals surface area (Å²) in [5, 5.41) is 4.22. The summed E-state index contributed by atoms with van der Waals surface area (Å²) >= 11 is 3.54. The Morgan fingerprint density at radius 1 is 1.57 bits per heavy atom. The molecule has 0 saturated carbocycles. The van der Waals surface area contributed by atoms with Crippen molar-refractivity contribution < 1.29 is 9.53 Å². The van der Waals surface area contributed by atoms with Crippen LogP contribution in [0.25, 0.3) is 0 Å². The molecule has 0 aliphatic rings. The van der Waals surface area contributed by atoms with Crippen LogP contribution in [0.15, 0.2) is 22.8 Å². The van der Waals surface area contributed by atoms with Gasteiger partial charge in [0, 0.05) is 11.7 Å². The molecule has 0 saturated heterocycles. The van der Waals surface area contributed by atoms with E-state index >= 15 is 0 Å². The van der Waals surface area contributed by atoms with Gasteiger partial charge in [-0.1, -0.05) is 35.9 Å². The maximum absolute atomic E-state index is 11.9. The van der Waals surface area contributed by atoms with Gasteiger partial charge in [0.05, 0.1) is 13.2 Å². The molecule has 2 atom stereocenters. The Morgan fingerprint density at radius 3 is 2.87 bits per heavy atom. The van der Waals surface area contributed by atoms with E-state index in [9.17, 15) is 4.79 Å². The summed E-state index contributed by atoms with van der Waals surface area (Å²) in [7, 11) is 0. The summed E-state index contributed by atoms with van der Waals surface area (Å²) in [6.45, 7) is 8.92. The molecule has 1 aromatic heterocycles. The van der Waals surface area contributed by atoms with Crippen LogP contribution in [-0.4, -0.2) is 27.9 Å². The van der Waals surface area contributed by atoms with E-state index < -0.39 is 5.54 Å². The Kier molecular flexibility index (Phi) is 7.99. The maximum Gasteiger partial charge on any atom is 0.356 e. The Balaban J connectivity index is 2.68. The van der Waals surface area contributed by atoms with Gasteiger partial charge in [-0.2, -0.15) is 5.10 Å². The van der Waals surface area contributed by atoms with E-state index in [0.717, 1.165) is 19.3 Å². The fraction of sp³-hybridized carbons (Fsp3) is 0.647. The molecule has 0 fully saturated rings. The highest BCUT2D eigenvalue weighted by molar-refractivity contribution is 9.11. The van der Waals surface area contributed by atoms with Crippen molar-refractivity contribution in [3.8, 4) is 0 Å². The summed E-state index contributed by atoms with van der Waals surface area (Å²) in [4.78, 5) is 11.9. The topological polar surface area (TPSA) is 70.1 Å². The zero-order chi connectivity index (χ0) is 17.5. The number of hydrogen-bond donors (Lipinski definition) is 1. The number of rotatable bonds is 9. The number of nitrogens with two attached hydrogens (primary N) is 1. The van der Waals surface area contributed by atoms with Crippen molar-refractivity contribution in [3.63, 3.8) is 0 Å². The van der Waals surface area contributed by atoms with E-state index in [2.05, 4.69) is 41.0 Å². The van der Waals surface area contributed by atoms with E-state index in [-0.39, 0.29) is 5.97 Å². The lowest BCUT2D eigenvalue weighted by atomic mass is 9.88. The third-order valence-electron chi connectivity index (χ3n) is 3.61. The Bertz CT molecular complexity index is 538. The van der Waals surface area contributed by atoms with Crippen LogP contribution in [0.3, 0.4) is 0 Å². The second kappa shape index (κ2) is 9.23. The zero-order valence-electron chi connectivity index (χ0n) is 14.5. The fourth-order valence-corrected chi connectivity index (χ4v) is 2.78. The van der Waals surface area contributed by atoms with E-state index in [0.29, 0.717) is 24.8 Å². The van der Waals surface area contributed by atoms with Gasteiger partial charge in [-0.15, -0.1) is 0 Å². The Labute approximate surface area is 147 Å². The first-order valence-electron chi connectivity index (χ1n) is 8.11. The van der Waals surface area contributed by atoms with Gasteiger partial charge in [0.25, 0.3) is 0 Å². The Hall–Kier alpha value is -1.14. The molecule has 0 bridgehead atoms. The smallest absolute Gasteiger partial charge is 0.356 e. The van der Waals surface area contributed by atoms with Gasteiger partial charge in [-0.3, -0.25) is 4.68 Å². The molecule has 0 spiro atoms. The van der Waals surface area contributed by atoms with Crippen molar-refractivity contribution in [1.82, 2.24) is 9.78 Å². The number of nitrogens with zero attached hydrogens (tertiary/aromatic N) is 2. The zero-order valence-corrected chi connectivity index (χ0v) is 16.1. The molecule has 1 heterocycles. The summed E-state index contributed by atoms with van der Waals surface area (Å²) in [5.41, 5.74) is 6.45. The lowest BCUT2D eigenvalue weighted by Crippen LogP contribution is -2.43. The van der Waals surface area contributed by atoms with Crippen LogP contribution in [0.1, 0.15) is 57.4 Å². The highest BCUT2D eigenvalue weighted by Crippen LogP contribution is 2.22. The molecule has 23 heavy (non-hydrogen) atoms. The third-order valence-corrected chi connectivity index (χ3v) is 4.49. The average molecular weight is 386 g/mol. The van der Waals surface area contributed by atoms with Gasteiger partial charge < -0.3 is 10.5 Å². The molecule has 0 amide bonds. The van der Waals surface area contributed by atoms with Crippen LogP contribution in [0.5, 0.6) is 0 Å². The number of halogens is 1. The molecule has 1 unspecified atom stereocenters. The lowest BCUT2D eigenvalue weighted by molar-refractivity contribution is 0.0510. The molecule has 2 N–H and O–H groups in total. The molecule has 6 heteroatoms. The molecule has 5 nitrogen and oxygen atoms in total. The summed E-state index contributed by atoms with van der Waals surface area (Å²) in [6, 6.07) is 1.67. The molecule has 0 aromatic carbocycles. The monoisotopic (exact) mass is 385 g/mol. The number of ether oxygens (including phenoxy) is 1. The highest BCUT2D eigenvalue weighted by atomic mass is 79.9.